The molecule has 22 heavy (non-hydrogen) atoms. The Hall–Kier alpha value is -2.80. The molecule has 0 amide bonds. The maximum absolute atomic E-state index is 10.8. The molecular weight excluding hydrogens is 268 g/mol. The van der Waals surface area contributed by atoms with E-state index in [-0.39, 0.29) is 5.92 Å². The molecule has 0 saturated carbocycles. The molecule has 4 rings (SSSR count). The van der Waals surface area contributed by atoms with Gasteiger partial charge < -0.3 is 5.11 Å². The second kappa shape index (κ2) is 5.19. The number of fused-ring (bicyclic) bond motifs is 1. The zero-order chi connectivity index (χ0) is 14.9. The van der Waals surface area contributed by atoms with E-state index in [2.05, 4.69) is 42.5 Å². The Labute approximate surface area is 130 Å². The van der Waals surface area contributed by atoms with E-state index in [1.807, 2.05) is 42.5 Å². The van der Waals surface area contributed by atoms with Gasteiger partial charge in [0.15, 0.2) is 0 Å². The lowest BCUT2D eigenvalue weighted by atomic mass is 9.85. The van der Waals surface area contributed by atoms with Crippen molar-refractivity contribution in [1.29, 1.82) is 0 Å². The van der Waals surface area contributed by atoms with Crippen LogP contribution < -0.4 is 0 Å². The average molecular weight is 284 g/mol. The number of benzene rings is 3. The van der Waals surface area contributed by atoms with Crippen molar-refractivity contribution in [1.82, 2.24) is 0 Å². The summed E-state index contributed by atoms with van der Waals surface area (Å²) >= 11 is 0. The normalized spacial score (nSPS) is 16.6. The van der Waals surface area contributed by atoms with Crippen LogP contribution in [0.4, 0.5) is 0 Å². The predicted molar refractivity (Wildman–Crippen MR) is 90.6 cm³/mol. The number of allylic oxidation sites excluding steroid dienone is 1. The van der Waals surface area contributed by atoms with E-state index in [1.165, 1.54) is 11.1 Å². The summed E-state index contributed by atoms with van der Waals surface area (Å²) < 4.78 is 0. The van der Waals surface area contributed by atoms with Crippen LogP contribution in [-0.4, -0.2) is 5.11 Å². The van der Waals surface area contributed by atoms with Gasteiger partial charge in [-0.25, -0.2) is 0 Å². The first-order valence-electron chi connectivity index (χ1n) is 7.49. The van der Waals surface area contributed by atoms with Gasteiger partial charge in [-0.3, -0.25) is 0 Å². The molecule has 1 nitrogen and oxygen atoms in total. The van der Waals surface area contributed by atoms with Crippen molar-refractivity contribution in [3.63, 3.8) is 0 Å². The fourth-order valence-electron chi connectivity index (χ4n) is 3.31. The standard InChI is InChI=1S/C21H16O/c22-21-18-14-8-7-13-17(18)19(15-9-3-1-4-10-15)20(21)16-11-5-2-6-12-16/h1-14,19,22H. The van der Waals surface area contributed by atoms with Gasteiger partial charge in [-0.15, -0.1) is 0 Å². The Morgan fingerprint density at radius 2 is 1.23 bits per heavy atom. The maximum atomic E-state index is 10.8. The van der Waals surface area contributed by atoms with Gasteiger partial charge in [0.2, 0.25) is 0 Å². The molecule has 0 radical (unpaired) electrons. The molecule has 0 fully saturated rings. The summed E-state index contributed by atoms with van der Waals surface area (Å²) in [7, 11) is 0. The Morgan fingerprint density at radius 3 is 1.95 bits per heavy atom. The fraction of sp³-hybridized carbons (Fsp3) is 0.0476. The molecule has 1 aliphatic rings. The van der Waals surface area contributed by atoms with E-state index in [1.54, 1.807) is 0 Å². The first kappa shape index (κ1) is 12.9. The van der Waals surface area contributed by atoms with Gasteiger partial charge in [0.05, 0.1) is 0 Å². The predicted octanol–water partition coefficient (Wildman–Crippen LogP) is 5.26. The molecule has 1 unspecified atom stereocenters. The van der Waals surface area contributed by atoms with Crippen molar-refractivity contribution in [3.05, 3.63) is 107 Å². The van der Waals surface area contributed by atoms with Gasteiger partial charge in [0.1, 0.15) is 5.76 Å². The van der Waals surface area contributed by atoms with Gasteiger partial charge in [-0.05, 0) is 16.7 Å². The average Bonchev–Trinajstić information content (AvgIpc) is 2.90. The molecule has 1 N–H and O–H groups in total. The lowest BCUT2D eigenvalue weighted by Gasteiger charge is -2.17. The molecule has 3 aromatic carbocycles. The molecule has 0 aromatic heterocycles. The van der Waals surface area contributed by atoms with Crippen molar-refractivity contribution in [2.45, 2.75) is 5.92 Å². The number of aliphatic hydroxyl groups is 1. The van der Waals surface area contributed by atoms with Crippen molar-refractivity contribution < 1.29 is 5.11 Å². The Morgan fingerprint density at radius 1 is 0.636 bits per heavy atom. The van der Waals surface area contributed by atoms with E-state index >= 15 is 0 Å². The van der Waals surface area contributed by atoms with Crippen LogP contribution in [0.3, 0.4) is 0 Å². The smallest absolute Gasteiger partial charge is 0.127 e. The van der Waals surface area contributed by atoms with Gasteiger partial charge in [-0.1, -0.05) is 84.9 Å². The van der Waals surface area contributed by atoms with Crippen LogP contribution >= 0.6 is 0 Å². The third-order valence-corrected chi connectivity index (χ3v) is 4.29. The highest BCUT2D eigenvalue weighted by molar-refractivity contribution is 5.97. The lowest BCUT2D eigenvalue weighted by molar-refractivity contribution is 0.515. The van der Waals surface area contributed by atoms with Gasteiger partial charge >= 0.3 is 0 Å². The zero-order valence-corrected chi connectivity index (χ0v) is 12.1. The van der Waals surface area contributed by atoms with Gasteiger partial charge in [-0.2, -0.15) is 0 Å². The Kier molecular flexibility index (Phi) is 3.05. The fourth-order valence-corrected chi connectivity index (χ4v) is 3.31. The molecular formula is C21H16O. The van der Waals surface area contributed by atoms with Crippen LogP contribution in [0.1, 0.15) is 28.2 Å². The molecule has 0 aliphatic heterocycles. The molecule has 1 atom stereocenters. The lowest BCUT2D eigenvalue weighted by Crippen LogP contribution is -2.01. The first-order chi connectivity index (χ1) is 10.9. The Balaban J connectivity index is 1.97. The van der Waals surface area contributed by atoms with Crippen LogP contribution in [0.15, 0.2) is 84.9 Å². The monoisotopic (exact) mass is 284 g/mol. The zero-order valence-electron chi connectivity index (χ0n) is 12.1. The quantitative estimate of drug-likeness (QED) is 0.680. The minimum atomic E-state index is 0.0831. The second-order valence-electron chi connectivity index (χ2n) is 5.56. The van der Waals surface area contributed by atoms with E-state index in [9.17, 15) is 5.11 Å². The highest BCUT2D eigenvalue weighted by Gasteiger charge is 2.32. The number of rotatable bonds is 2. The van der Waals surface area contributed by atoms with Crippen LogP contribution in [0.2, 0.25) is 0 Å². The maximum Gasteiger partial charge on any atom is 0.127 e. The van der Waals surface area contributed by atoms with E-state index in [4.69, 9.17) is 0 Å². The van der Waals surface area contributed by atoms with E-state index < -0.39 is 0 Å². The van der Waals surface area contributed by atoms with Crippen molar-refractivity contribution in [2.75, 3.05) is 0 Å². The summed E-state index contributed by atoms with van der Waals surface area (Å²) in [6, 6.07) is 28.7. The summed E-state index contributed by atoms with van der Waals surface area (Å²) in [4.78, 5) is 0. The largest absolute Gasteiger partial charge is 0.507 e. The molecule has 1 aliphatic carbocycles. The topological polar surface area (TPSA) is 20.2 Å². The number of hydrogen-bond donors (Lipinski definition) is 1. The molecule has 106 valence electrons. The third-order valence-electron chi connectivity index (χ3n) is 4.29. The van der Waals surface area contributed by atoms with Crippen LogP contribution in [0.25, 0.3) is 11.3 Å². The Bertz CT molecular complexity index is 832. The summed E-state index contributed by atoms with van der Waals surface area (Å²) in [5.41, 5.74) is 5.39. The minimum absolute atomic E-state index is 0.0831. The molecule has 3 aromatic rings. The second-order valence-corrected chi connectivity index (χ2v) is 5.56. The van der Waals surface area contributed by atoms with Crippen LogP contribution in [0.5, 0.6) is 0 Å². The van der Waals surface area contributed by atoms with E-state index in [0.717, 1.165) is 16.7 Å². The van der Waals surface area contributed by atoms with Crippen LogP contribution in [-0.2, 0) is 0 Å². The molecule has 0 spiro atoms. The molecule has 0 saturated heterocycles. The number of aliphatic hydroxyl groups excluding tert-OH is 1. The highest BCUT2D eigenvalue weighted by Crippen LogP contribution is 2.48. The van der Waals surface area contributed by atoms with Crippen molar-refractivity contribution in [3.8, 4) is 0 Å². The minimum Gasteiger partial charge on any atom is -0.507 e. The first-order valence-corrected chi connectivity index (χ1v) is 7.49. The van der Waals surface area contributed by atoms with Crippen LogP contribution in [0, 0.1) is 0 Å². The summed E-state index contributed by atoms with van der Waals surface area (Å²) in [5.74, 6) is 0.482. The SMILES string of the molecule is OC1=C(c2ccccc2)C(c2ccccc2)c2ccccc21. The summed E-state index contributed by atoms with van der Waals surface area (Å²) in [6.07, 6.45) is 0. The van der Waals surface area contributed by atoms with Gasteiger partial charge in [0, 0.05) is 17.1 Å². The molecule has 0 heterocycles. The van der Waals surface area contributed by atoms with Crippen molar-refractivity contribution in [2.24, 2.45) is 0 Å². The summed E-state index contributed by atoms with van der Waals surface area (Å²) in [6.45, 7) is 0. The van der Waals surface area contributed by atoms with Gasteiger partial charge in [0.25, 0.3) is 0 Å². The molecule has 0 bridgehead atoms. The third kappa shape index (κ3) is 1.94. The summed E-state index contributed by atoms with van der Waals surface area (Å²) in [5, 5.41) is 10.8. The molecule has 1 heteroatoms. The number of hydrogen-bond acceptors (Lipinski definition) is 1. The van der Waals surface area contributed by atoms with E-state index in [0.29, 0.717) is 5.76 Å². The highest BCUT2D eigenvalue weighted by atomic mass is 16.3. The van der Waals surface area contributed by atoms with Crippen molar-refractivity contribution >= 4 is 11.3 Å².